The molecule has 4 aromatic rings. The van der Waals surface area contributed by atoms with Gasteiger partial charge in [-0.25, -0.2) is 4.79 Å². The lowest BCUT2D eigenvalue weighted by Gasteiger charge is -2.02. The summed E-state index contributed by atoms with van der Waals surface area (Å²) in [5.41, 5.74) is 3.01. The molecule has 4 nitrogen and oxygen atoms in total. The summed E-state index contributed by atoms with van der Waals surface area (Å²) in [4.78, 5) is 11.5. The molecule has 0 amide bonds. The fourth-order valence-electron chi connectivity index (χ4n) is 3.19. The second kappa shape index (κ2) is 6.80. The quantitative estimate of drug-likeness (QED) is 0.429. The van der Waals surface area contributed by atoms with Crippen molar-refractivity contribution in [3.05, 3.63) is 75.8 Å². The number of benzene rings is 2. The topological polar surface area (TPSA) is 52.6 Å². The van der Waals surface area contributed by atoms with Gasteiger partial charge in [0.25, 0.3) is 0 Å². The van der Waals surface area contributed by atoms with Crippen LogP contribution in [-0.4, -0.2) is 7.11 Å². The fourth-order valence-corrected chi connectivity index (χ4v) is 3.19. The van der Waals surface area contributed by atoms with Crippen molar-refractivity contribution in [2.45, 2.75) is 19.8 Å². The van der Waals surface area contributed by atoms with Crippen LogP contribution in [0.2, 0.25) is 0 Å². The minimum absolute atomic E-state index is 0.225. The number of fused-ring (bicyclic) bond motifs is 2. The molecule has 0 atom stereocenters. The van der Waals surface area contributed by atoms with Gasteiger partial charge in [-0.3, -0.25) is 0 Å². The summed E-state index contributed by atoms with van der Waals surface area (Å²) in [5.74, 6) is 1.96. The van der Waals surface area contributed by atoms with Gasteiger partial charge < -0.3 is 13.6 Å². The van der Waals surface area contributed by atoms with E-state index >= 15 is 0 Å². The summed E-state index contributed by atoms with van der Waals surface area (Å²) in [6.45, 7) is 4.20. The van der Waals surface area contributed by atoms with Crippen molar-refractivity contribution in [1.29, 1.82) is 0 Å². The van der Waals surface area contributed by atoms with E-state index in [2.05, 4.69) is 26.0 Å². The minimum atomic E-state index is -0.364. The third-order valence-electron chi connectivity index (χ3n) is 4.58. The monoisotopic (exact) mass is 360 g/mol. The number of methoxy groups -OCH3 is 1. The predicted octanol–water partition coefficient (Wildman–Crippen LogP) is 5.84. The second-order valence-electron chi connectivity index (χ2n) is 6.78. The molecule has 0 aliphatic heterocycles. The van der Waals surface area contributed by atoms with Crippen molar-refractivity contribution in [3.8, 4) is 5.75 Å². The molecule has 0 aliphatic carbocycles. The maximum absolute atomic E-state index is 11.5. The lowest BCUT2D eigenvalue weighted by molar-refractivity contribution is 0.415. The zero-order valence-corrected chi connectivity index (χ0v) is 15.5. The predicted molar refractivity (Wildman–Crippen MR) is 108 cm³/mol. The van der Waals surface area contributed by atoms with Crippen molar-refractivity contribution in [1.82, 2.24) is 0 Å². The Labute approximate surface area is 156 Å². The molecule has 2 aromatic heterocycles. The van der Waals surface area contributed by atoms with E-state index in [0.717, 1.165) is 39.0 Å². The molecule has 0 radical (unpaired) electrons. The van der Waals surface area contributed by atoms with Crippen LogP contribution in [0.5, 0.6) is 5.75 Å². The van der Waals surface area contributed by atoms with Gasteiger partial charge >= 0.3 is 5.63 Å². The average molecular weight is 360 g/mol. The Hall–Kier alpha value is -3.27. The van der Waals surface area contributed by atoms with Gasteiger partial charge in [-0.15, -0.1) is 0 Å². The van der Waals surface area contributed by atoms with E-state index in [9.17, 15) is 4.79 Å². The Morgan fingerprint density at radius 1 is 0.926 bits per heavy atom. The molecule has 136 valence electrons. The molecular weight excluding hydrogens is 340 g/mol. The van der Waals surface area contributed by atoms with Crippen molar-refractivity contribution in [3.63, 3.8) is 0 Å². The van der Waals surface area contributed by atoms with Crippen LogP contribution in [0.4, 0.5) is 0 Å². The highest BCUT2D eigenvalue weighted by atomic mass is 16.5. The maximum Gasteiger partial charge on any atom is 0.336 e. The van der Waals surface area contributed by atoms with Gasteiger partial charge in [0.2, 0.25) is 0 Å². The Bertz CT molecular complexity index is 1190. The number of hydrogen-bond donors (Lipinski definition) is 0. The van der Waals surface area contributed by atoms with Gasteiger partial charge in [0.15, 0.2) is 0 Å². The molecule has 0 N–H and O–H groups in total. The van der Waals surface area contributed by atoms with E-state index in [0.29, 0.717) is 5.58 Å². The lowest BCUT2D eigenvalue weighted by atomic mass is 10.0. The summed E-state index contributed by atoms with van der Waals surface area (Å²) >= 11 is 0. The normalized spacial score (nSPS) is 11.9. The van der Waals surface area contributed by atoms with Gasteiger partial charge in [-0.2, -0.15) is 0 Å². The minimum Gasteiger partial charge on any atom is -0.497 e. The van der Waals surface area contributed by atoms with Crippen LogP contribution in [0.1, 0.15) is 36.7 Å². The van der Waals surface area contributed by atoms with Gasteiger partial charge in [0.1, 0.15) is 22.7 Å². The SMILES string of the molecule is COc1ccc(/C=C\c2c(C(C)C)oc3cc4oc(=O)ccc4cc23)cc1. The van der Waals surface area contributed by atoms with Crippen molar-refractivity contribution in [2.24, 2.45) is 0 Å². The van der Waals surface area contributed by atoms with Crippen LogP contribution in [0.15, 0.2) is 62.2 Å². The maximum atomic E-state index is 11.5. The molecule has 4 heteroatoms. The summed E-state index contributed by atoms with van der Waals surface area (Å²) in [6, 6.07) is 14.9. The van der Waals surface area contributed by atoms with Crippen LogP contribution >= 0.6 is 0 Å². The highest BCUT2D eigenvalue weighted by molar-refractivity contribution is 5.99. The smallest absolute Gasteiger partial charge is 0.336 e. The Morgan fingerprint density at radius 2 is 1.70 bits per heavy atom. The first-order chi connectivity index (χ1) is 13.0. The zero-order valence-electron chi connectivity index (χ0n) is 15.5. The highest BCUT2D eigenvalue weighted by Crippen LogP contribution is 2.34. The molecule has 0 bridgehead atoms. The first-order valence-electron chi connectivity index (χ1n) is 8.87. The van der Waals surface area contributed by atoms with Gasteiger partial charge in [-0.05, 0) is 29.8 Å². The molecule has 0 saturated heterocycles. The van der Waals surface area contributed by atoms with E-state index in [1.165, 1.54) is 6.07 Å². The second-order valence-corrected chi connectivity index (χ2v) is 6.78. The van der Waals surface area contributed by atoms with Gasteiger partial charge in [0.05, 0.1) is 7.11 Å². The number of furan rings is 1. The van der Waals surface area contributed by atoms with E-state index in [4.69, 9.17) is 13.6 Å². The van der Waals surface area contributed by atoms with E-state index in [1.54, 1.807) is 19.2 Å². The van der Waals surface area contributed by atoms with Crippen LogP contribution < -0.4 is 10.4 Å². The first-order valence-corrected chi connectivity index (χ1v) is 8.87. The van der Waals surface area contributed by atoms with Crippen molar-refractivity contribution >= 4 is 34.1 Å². The fraction of sp³-hybridized carbons (Fsp3) is 0.174. The first kappa shape index (κ1) is 17.2. The van der Waals surface area contributed by atoms with Crippen LogP contribution in [0.25, 0.3) is 34.1 Å². The van der Waals surface area contributed by atoms with Crippen molar-refractivity contribution < 1.29 is 13.6 Å². The van der Waals surface area contributed by atoms with Crippen LogP contribution in [0, 0.1) is 0 Å². The molecule has 0 aliphatic rings. The molecule has 27 heavy (non-hydrogen) atoms. The number of ether oxygens (including phenoxy) is 1. The lowest BCUT2D eigenvalue weighted by Crippen LogP contribution is -1.93. The van der Waals surface area contributed by atoms with Gasteiger partial charge in [0, 0.05) is 34.4 Å². The largest absolute Gasteiger partial charge is 0.497 e. The third-order valence-corrected chi connectivity index (χ3v) is 4.58. The van der Waals surface area contributed by atoms with Crippen LogP contribution in [0.3, 0.4) is 0 Å². The number of hydrogen-bond acceptors (Lipinski definition) is 4. The van der Waals surface area contributed by atoms with E-state index in [1.807, 2.05) is 30.3 Å². The summed E-state index contributed by atoms with van der Waals surface area (Å²) < 4.78 is 16.6. The molecule has 2 heterocycles. The standard InChI is InChI=1S/C23H20O4/c1-14(2)23-18(10-6-15-4-8-17(25-3)9-5-15)19-12-16-7-11-22(24)26-20(16)13-21(19)27-23/h4-14H,1-3H3/b10-6-. The molecular formula is C23H20O4. The molecule has 0 unspecified atom stereocenters. The molecule has 0 saturated carbocycles. The Morgan fingerprint density at radius 3 is 2.41 bits per heavy atom. The summed E-state index contributed by atoms with van der Waals surface area (Å²) in [5, 5.41) is 1.88. The molecule has 0 fully saturated rings. The Balaban J connectivity index is 1.86. The van der Waals surface area contributed by atoms with Gasteiger partial charge in [-0.1, -0.05) is 38.1 Å². The van der Waals surface area contributed by atoms with Crippen LogP contribution in [-0.2, 0) is 0 Å². The van der Waals surface area contributed by atoms with E-state index < -0.39 is 0 Å². The molecule has 0 spiro atoms. The summed E-state index contributed by atoms with van der Waals surface area (Å²) in [7, 11) is 1.66. The third kappa shape index (κ3) is 3.26. The van der Waals surface area contributed by atoms with Crippen molar-refractivity contribution in [2.75, 3.05) is 7.11 Å². The molecule has 4 rings (SSSR count). The Kier molecular flexibility index (Phi) is 4.32. The van der Waals surface area contributed by atoms with E-state index in [-0.39, 0.29) is 11.5 Å². The zero-order chi connectivity index (χ0) is 19.0. The summed E-state index contributed by atoms with van der Waals surface area (Å²) in [6.07, 6.45) is 4.14. The average Bonchev–Trinajstić information content (AvgIpc) is 3.02. The highest BCUT2D eigenvalue weighted by Gasteiger charge is 2.16. The molecule has 2 aromatic carbocycles. The number of rotatable bonds is 4.